The highest BCUT2D eigenvalue weighted by Crippen LogP contribution is 2.25. The third kappa shape index (κ3) is 4.30. The van der Waals surface area contributed by atoms with Crippen LogP contribution in [0.25, 0.3) is 11.2 Å². The first kappa shape index (κ1) is 23.9. The fourth-order valence-corrected chi connectivity index (χ4v) is 4.86. The number of imidazole rings is 1. The Hall–Kier alpha value is -3.85. The van der Waals surface area contributed by atoms with E-state index in [0.29, 0.717) is 61.3 Å². The van der Waals surface area contributed by atoms with Crippen molar-refractivity contribution in [2.45, 2.75) is 13.0 Å². The third-order valence-electron chi connectivity index (χ3n) is 6.73. The Labute approximate surface area is 212 Å². The number of nitrogens with zero attached hydrogens (tertiary/aromatic N) is 6. The van der Waals surface area contributed by atoms with Gasteiger partial charge in [-0.3, -0.25) is 23.3 Å². The lowest BCUT2D eigenvalue weighted by Gasteiger charge is -2.35. The molecule has 0 bridgehead atoms. The molecule has 3 heterocycles. The molecule has 0 saturated carbocycles. The molecule has 1 aliphatic heterocycles. The summed E-state index contributed by atoms with van der Waals surface area (Å²) in [4.78, 5) is 47.3. The molecule has 0 atom stereocenters. The molecule has 0 unspecified atom stereocenters. The maximum Gasteiger partial charge on any atom is 0.332 e. The number of hydrogen-bond donors (Lipinski definition) is 0. The number of aryl methyl sites for hydroxylation is 1. The van der Waals surface area contributed by atoms with Crippen molar-refractivity contribution < 1.29 is 4.79 Å². The average molecular weight is 507 g/mol. The normalized spacial score (nSPS) is 14.0. The van der Waals surface area contributed by atoms with Gasteiger partial charge in [0, 0.05) is 45.3 Å². The number of aromatic nitrogens is 4. The van der Waals surface area contributed by atoms with Crippen molar-refractivity contribution in [3.63, 3.8) is 0 Å². The van der Waals surface area contributed by atoms with Gasteiger partial charge < -0.3 is 9.80 Å². The van der Waals surface area contributed by atoms with E-state index in [0.717, 1.165) is 15.7 Å². The monoisotopic (exact) mass is 506 g/mol. The third-order valence-corrected chi connectivity index (χ3v) is 7.10. The fourth-order valence-electron chi connectivity index (χ4n) is 4.66. The van der Waals surface area contributed by atoms with Crippen LogP contribution in [0.3, 0.4) is 0 Å². The van der Waals surface area contributed by atoms with Crippen molar-refractivity contribution in [3.8, 4) is 0 Å². The minimum absolute atomic E-state index is 0.0849. The van der Waals surface area contributed by atoms with E-state index >= 15 is 0 Å². The molecule has 1 aliphatic rings. The van der Waals surface area contributed by atoms with E-state index in [9.17, 15) is 14.4 Å². The van der Waals surface area contributed by atoms with Crippen molar-refractivity contribution in [2.75, 3.05) is 31.1 Å². The van der Waals surface area contributed by atoms with Crippen molar-refractivity contribution >= 4 is 34.6 Å². The van der Waals surface area contributed by atoms with Crippen LogP contribution in [0.2, 0.25) is 5.02 Å². The second-order valence-corrected chi connectivity index (χ2v) is 9.40. The van der Waals surface area contributed by atoms with Gasteiger partial charge in [-0.25, -0.2) is 4.79 Å². The molecular formula is C26H27ClN6O3. The van der Waals surface area contributed by atoms with Gasteiger partial charge in [0.1, 0.15) is 0 Å². The van der Waals surface area contributed by atoms with Crippen LogP contribution in [-0.4, -0.2) is 55.7 Å². The Morgan fingerprint density at radius 1 is 0.917 bits per heavy atom. The van der Waals surface area contributed by atoms with Gasteiger partial charge in [-0.1, -0.05) is 60.1 Å². The minimum Gasteiger partial charge on any atom is -0.339 e. The molecule has 10 heteroatoms. The molecule has 0 spiro atoms. The molecule has 0 N–H and O–H groups in total. The van der Waals surface area contributed by atoms with Crippen LogP contribution in [0.1, 0.15) is 11.1 Å². The number of carbonyl (C=O) groups excluding carboxylic acids is 1. The van der Waals surface area contributed by atoms with Crippen LogP contribution in [-0.2, 0) is 31.9 Å². The Bertz CT molecular complexity index is 1550. The summed E-state index contributed by atoms with van der Waals surface area (Å²) >= 11 is 6.45. The van der Waals surface area contributed by atoms with Gasteiger partial charge in [-0.05, 0) is 17.2 Å². The van der Waals surface area contributed by atoms with Gasteiger partial charge in [-0.15, -0.1) is 0 Å². The molecule has 0 radical (unpaired) electrons. The van der Waals surface area contributed by atoms with E-state index in [1.54, 1.807) is 13.1 Å². The summed E-state index contributed by atoms with van der Waals surface area (Å²) in [6.07, 6.45) is 0.365. The molecule has 1 fully saturated rings. The molecule has 4 aromatic rings. The quantitative estimate of drug-likeness (QED) is 0.413. The summed E-state index contributed by atoms with van der Waals surface area (Å²) < 4.78 is 4.32. The van der Waals surface area contributed by atoms with Crippen LogP contribution >= 0.6 is 11.6 Å². The number of hydrogen-bond acceptors (Lipinski definition) is 5. The number of rotatable bonds is 5. The predicted octanol–water partition coefficient (Wildman–Crippen LogP) is 2.03. The first-order valence-corrected chi connectivity index (χ1v) is 12.2. The first-order chi connectivity index (χ1) is 17.3. The number of benzene rings is 2. The molecule has 1 amide bonds. The maximum absolute atomic E-state index is 13.2. The lowest BCUT2D eigenvalue weighted by atomic mass is 10.1. The molecule has 36 heavy (non-hydrogen) atoms. The standard InChI is InChI=1S/C26H27ClN6O3/c1-29-23-22(24(35)30(2)26(29)36)33(17-19-10-6-7-11-20(19)27)25(28-23)32-14-12-31(13-15-32)21(34)16-18-8-4-3-5-9-18/h3-11H,12-17H2,1-2H3. The maximum atomic E-state index is 13.2. The van der Waals surface area contributed by atoms with Crippen molar-refractivity contribution in [1.82, 2.24) is 23.6 Å². The second-order valence-electron chi connectivity index (χ2n) is 9.00. The van der Waals surface area contributed by atoms with Crippen LogP contribution in [0.15, 0.2) is 64.2 Å². The molecule has 5 rings (SSSR count). The molecule has 1 saturated heterocycles. The Morgan fingerprint density at radius 2 is 1.58 bits per heavy atom. The predicted molar refractivity (Wildman–Crippen MR) is 140 cm³/mol. The SMILES string of the molecule is Cn1c(=O)c2c(nc(N3CCN(C(=O)Cc4ccccc4)CC3)n2Cc2ccccc2Cl)n(C)c1=O. The van der Waals surface area contributed by atoms with E-state index in [1.807, 2.05) is 58.0 Å². The van der Waals surface area contributed by atoms with Crippen molar-refractivity contribution in [2.24, 2.45) is 14.1 Å². The van der Waals surface area contributed by atoms with Crippen LogP contribution in [0, 0.1) is 0 Å². The fraction of sp³-hybridized carbons (Fsp3) is 0.308. The number of halogens is 1. The number of piperazine rings is 1. The Morgan fingerprint density at radius 3 is 2.28 bits per heavy atom. The topological polar surface area (TPSA) is 85.4 Å². The van der Waals surface area contributed by atoms with Gasteiger partial charge in [0.2, 0.25) is 11.9 Å². The zero-order valence-electron chi connectivity index (χ0n) is 20.2. The van der Waals surface area contributed by atoms with Crippen LogP contribution in [0.5, 0.6) is 0 Å². The number of carbonyl (C=O) groups is 1. The van der Waals surface area contributed by atoms with Crippen molar-refractivity contribution in [3.05, 3.63) is 91.6 Å². The molecular weight excluding hydrogens is 480 g/mol. The molecule has 2 aromatic carbocycles. The van der Waals surface area contributed by atoms with Gasteiger partial charge in [0.15, 0.2) is 11.2 Å². The zero-order chi connectivity index (χ0) is 25.4. The Kier molecular flexibility index (Phi) is 6.40. The van der Waals surface area contributed by atoms with Crippen molar-refractivity contribution in [1.29, 1.82) is 0 Å². The summed E-state index contributed by atoms with van der Waals surface area (Å²) in [5.74, 6) is 0.667. The highest BCUT2D eigenvalue weighted by Gasteiger charge is 2.27. The highest BCUT2D eigenvalue weighted by atomic mass is 35.5. The lowest BCUT2D eigenvalue weighted by molar-refractivity contribution is -0.130. The second kappa shape index (κ2) is 9.66. The van der Waals surface area contributed by atoms with E-state index in [-0.39, 0.29) is 5.91 Å². The minimum atomic E-state index is -0.433. The first-order valence-electron chi connectivity index (χ1n) is 11.8. The largest absolute Gasteiger partial charge is 0.339 e. The van der Waals surface area contributed by atoms with Crippen LogP contribution in [0.4, 0.5) is 5.95 Å². The highest BCUT2D eigenvalue weighted by molar-refractivity contribution is 6.31. The summed E-state index contributed by atoms with van der Waals surface area (Å²) in [5, 5.41) is 0.586. The zero-order valence-corrected chi connectivity index (χ0v) is 21.0. The number of fused-ring (bicyclic) bond motifs is 1. The molecule has 9 nitrogen and oxygen atoms in total. The Balaban J connectivity index is 1.48. The van der Waals surface area contributed by atoms with Gasteiger partial charge in [0.25, 0.3) is 5.56 Å². The summed E-state index contributed by atoms with van der Waals surface area (Å²) in [7, 11) is 3.08. The number of anilines is 1. The van der Waals surface area contributed by atoms with Gasteiger partial charge in [0.05, 0.1) is 13.0 Å². The molecule has 186 valence electrons. The van der Waals surface area contributed by atoms with Gasteiger partial charge in [-0.2, -0.15) is 4.98 Å². The lowest BCUT2D eigenvalue weighted by Crippen LogP contribution is -2.50. The van der Waals surface area contributed by atoms with E-state index in [4.69, 9.17) is 16.6 Å². The van der Waals surface area contributed by atoms with Gasteiger partial charge >= 0.3 is 5.69 Å². The molecule has 0 aliphatic carbocycles. The van der Waals surface area contributed by atoms with Crippen LogP contribution < -0.4 is 16.1 Å². The summed E-state index contributed by atoms with van der Waals surface area (Å²) in [6, 6.07) is 17.2. The average Bonchev–Trinajstić information content (AvgIpc) is 3.27. The summed E-state index contributed by atoms with van der Waals surface area (Å²) in [5.41, 5.74) is 1.66. The number of amides is 1. The van der Waals surface area contributed by atoms with E-state index in [2.05, 4.69) is 4.90 Å². The summed E-state index contributed by atoms with van der Waals surface area (Å²) in [6.45, 7) is 2.52. The molecule has 2 aromatic heterocycles. The smallest absolute Gasteiger partial charge is 0.332 e. The van der Waals surface area contributed by atoms with E-state index in [1.165, 1.54) is 11.6 Å². The van der Waals surface area contributed by atoms with E-state index < -0.39 is 11.2 Å².